The maximum absolute atomic E-state index is 5.96. The smallest absolute Gasteiger partial charge is 0.123 e. The van der Waals surface area contributed by atoms with Crippen molar-refractivity contribution in [2.24, 2.45) is 7.05 Å². The van der Waals surface area contributed by atoms with Gasteiger partial charge in [-0.3, -0.25) is 4.68 Å². The summed E-state index contributed by atoms with van der Waals surface area (Å²) < 4.78 is 7.62. The minimum atomic E-state index is 0.551. The zero-order valence-electron chi connectivity index (χ0n) is 12.8. The van der Waals surface area contributed by atoms with Crippen LogP contribution in [0.5, 0.6) is 5.75 Å². The molecule has 1 heterocycles. The number of nitrogens with zero attached hydrogens (tertiary/aromatic N) is 2. The topological polar surface area (TPSA) is 53.1 Å². The van der Waals surface area contributed by atoms with Gasteiger partial charge in [0.15, 0.2) is 0 Å². The Balaban J connectivity index is 1.83. The minimum Gasteiger partial charge on any atom is -0.489 e. The third-order valence-corrected chi connectivity index (χ3v) is 3.64. The van der Waals surface area contributed by atoms with Gasteiger partial charge in [-0.2, -0.15) is 5.10 Å². The number of nitrogen functional groups attached to an aromatic ring is 1. The normalized spacial score (nSPS) is 10.6. The number of aryl methyl sites for hydroxylation is 2. The van der Waals surface area contributed by atoms with E-state index in [1.165, 1.54) is 0 Å². The maximum atomic E-state index is 5.96. The Morgan fingerprint density at radius 2 is 1.86 bits per heavy atom. The molecule has 0 fully saturated rings. The lowest BCUT2D eigenvalue weighted by Gasteiger charge is -2.10. The SMILES string of the molecule is Cc1ccc(-c2cc(N)n(C)n2)cc1OCc1ccccc1. The molecule has 0 saturated heterocycles. The lowest BCUT2D eigenvalue weighted by Crippen LogP contribution is -1.97. The van der Waals surface area contributed by atoms with E-state index in [2.05, 4.69) is 17.2 Å². The average Bonchev–Trinajstić information content (AvgIpc) is 2.87. The molecular weight excluding hydrogens is 274 g/mol. The highest BCUT2D eigenvalue weighted by Gasteiger charge is 2.08. The second kappa shape index (κ2) is 5.93. The van der Waals surface area contributed by atoms with Crippen LogP contribution < -0.4 is 10.5 Å². The summed E-state index contributed by atoms with van der Waals surface area (Å²) in [6.07, 6.45) is 0. The summed E-state index contributed by atoms with van der Waals surface area (Å²) in [5.74, 6) is 1.51. The Morgan fingerprint density at radius 3 is 2.55 bits per heavy atom. The Bertz CT molecular complexity index is 759. The molecule has 2 N–H and O–H groups in total. The Morgan fingerprint density at radius 1 is 1.09 bits per heavy atom. The van der Waals surface area contributed by atoms with Crippen LogP contribution in [-0.2, 0) is 13.7 Å². The van der Waals surface area contributed by atoms with E-state index >= 15 is 0 Å². The highest BCUT2D eigenvalue weighted by molar-refractivity contribution is 5.65. The number of ether oxygens (including phenoxy) is 1. The summed E-state index contributed by atoms with van der Waals surface area (Å²) in [7, 11) is 1.83. The summed E-state index contributed by atoms with van der Waals surface area (Å²) in [6, 6.07) is 18.1. The molecule has 3 aromatic rings. The van der Waals surface area contributed by atoms with Gasteiger partial charge in [-0.05, 0) is 24.1 Å². The molecule has 0 unspecified atom stereocenters. The number of hydrogen-bond acceptors (Lipinski definition) is 3. The van der Waals surface area contributed by atoms with Gasteiger partial charge in [-0.1, -0.05) is 42.5 Å². The largest absolute Gasteiger partial charge is 0.489 e. The summed E-state index contributed by atoms with van der Waals surface area (Å²) in [5.41, 5.74) is 9.95. The van der Waals surface area contributed by atoms with Crippen LogP contribution in [0.15, 0.2) is 54.6 Å². The van der Waals surface area contributed by atoms with Crippen LogP contribution in [0.3, 0.4) is 0 Å². The molecule has 0 spiro atoms. The molecule has 0 bridgehead atoms. The van der Waals surface area contributed by atoms with Crippen LogP contribution in [0.1, 0.15) is 11.1 Å². The van der Waals surface area contributed by atoms with Gasteiger partial charge in [-0.25, -0.2) is 0 Å². The third-order valence-electron chi connectivity index (χ3n) is 3.64. The van der Waals surface area contributed by atoms with Crippen LogP contribution in [0.4, 0.5) is 5.82 Å². The Labute approximate surface area is 130 Å². The van der Waals surface area contributed by atoms with Crippen LogP contribution in [0, 0.1) is 6.92 Å². The number of anilines is 1. The number of rotatable bonds is 4. The number of nitrogens with two attached hydrogens (primary N) is 1. The molecule has 0 aliphatic heterocycles. The first kappa shape index (κ1) is 14.2. The van der Waals surface area contributed by atoms with Gasteiger partial charge in [0, 0.05) is 18.7 Å². The molecule has 22 heavy (non-hydrogen) atoms. The molecule has 0 atom stereocenters. The van der Waals surface area contributed by atoms with Crippen molar-refractivity contribution in [3.05, 3.63) is 65.7 Å². The highest BCUT2D eigenvalue weighted by Crippen LogP contribution is 2.27. The van der Waals surface area contributed by atoms with E-state index in [0.717, 1.165) is 28.1 Å². The molecule has 4 nitrogen and oxygen atoms in total. The minimum absolute atomic E-state index is 0.551. The third kappa shape index (κ3) is 2.96. The fraction of sp³-hybridized carbons (Fsp3) is 0.167. The lowest BCUT2D eigenvalue weighted by molar-refractivity contribution is 0.304. The van der Waals surface area contributed by atoms with Gasteiger partial charge in [0.1, 0.15) is 18.2 Å². The van der Waals surface area contributed by atoms with Crippen molar-refractivity contribution in [3.8, 4) is 17.0 Å². The fourth-order valence-electron chi connectivity index (χ4n) is 2.27. The van der Waals surface area contributed by atoms with Gasteiger partial charge in [0.2, 0.25) is 0 Å². The number of benzene rings is 2. The monoisotopic (exact) mass is 293 g/mol. The molecule has 112 valence electrons. The maximum Gasteiger partial charge on any atom is 0.123 e. The van der Waals surface area contributed by atoms with Crippen molar-refractivity contribution in [2.45, 2.75) is 13.5 Å². The quantitative estimate of drug-likeness (QED) is 0.800. The highest BCUT2D eigenvalue weighted by atomic mass is 16.5. The van der Waals surface area contributed by atoms with E-state index in [9.17, 15) is 0 Å². The van der Waals surface area contributed by atoms with E-state index in [-0.39, 0.29) is 0 Å². The van der Waals surface area contributed by atoms with E-state index in [4.69, 9.17) is 10.5 Å². The first-order chi connectivity index (χ1) is 10.6. The van der Waals surface area contributed by atoms with Gasteiger partial charge >= 0.3 is 0 Å². The fourth-order valence-corrected chi connectivity index (χ4v) is 2.27. The molecule has 1 aromatic heterocycles. The van der Waals surface area contributed by atoms with Crippen molar-refractivity contribution in [2.75, 3.05) is 5.73 Å². The van der Waals surface area contributed by atoms with Gasteiger partial charge < -0.3 is 10.5 Å². The van der Waals surface area contributed by atoms with Crippen LogP contribution in [0.2, 0.25) is 0 Å². The van der Waals surface area contributed by atoms with Crippen LogP contribution in [0.25, 0.3) is 11.3 Å². The van der Waals surface area contributed by atoms with E-state index in [1.807, 2.05) is 56.4 Å². The van der Waals surface area contributed by atoms with Gasteiger partial charge in [0.25, 0.3) is 0 Å². The molecule has 0 aliphatic rings. The van der Waals surface area contributed by atoms with Crippen molar-refractivity contribution in [1.82, 2.24) is 9.78 Å². The van der Waals surface area contributed by atoms with Crippen molar-refractivity contribution in [3.63, 3.8) is 0 Å². The molecule has 0 amide bonds. The van der Waals surface area contributed by atoms with Crippen LogP contribution >= 0.6 is 0 Å². The summed E-state index contributed by atoms with van der Waals surface area (Å²) in [4.78, 5) is 0. The second-order valence-corrected chi connectivity index (χ2v) is 5.33. The summed E-state index contributed by atoms with van der Waals surface area (Å²) in [5, 5.41) is 4.41. The zero-order valence-corrected chi connectivity index (χ0v) is 12.8. The summed E-state index contributed by atoms with van der Waals surface area (Å²) >= 11 is 0. The van der Waals surface area contributed by atoms with Crippen molar-refractivity contribution in [1.29, 1.82) is 0 Å². The van der Waals surface area contributed by atoms with Crippen molar-refractivity contribution >= 4 is 5.82 Å². The molecule has 0 aliphatic carbocycles. The molecule has 0 radical (unpaired) electrons. The summed E-state index contributed by atoms with van der Waals surface area (Å²) in [6.45, 7) is 2.59. The zero-order chi connectivity index (χ0) is 15.5. The first-order valence-corrected chi connectivity index (χ1v) is 7.21. The molecule has 0 saturated carbocycles. The average molecular weight is 293 g/mol. The van der Waals surface area contributed by atoms with Gasteiger partial charge in [-0.15, -0.1) is 0 Å². The molecule has 4 heteroatoms. The first-order valence-electron chi connectivity index (χ1n) is 7.21. The Kier molecular flexibility index (Phi) is 3.83. The van der Waals surface area contributed by atoms with E-state index in [1.54, 1.807) is 4.68 Å². The predicted molar refractivity (Wildman–Crippen MR) is 88.6 cm³/mol. The Hall–Kier alpha value is -2.75. The molecular formula is C18H19N3O. The predicted octanol–water partition coefficient (Wildman–Crippen LogP) is 3.56. The second-order valence-electron chi connectivity index (χ2n) is 5.33. The van der Waals surface area contributed by atoms with Gasteiger partial charge in [0.05, 0.1) is 5.69 Å². The lowest BCUT2D eigenvalue weighted by atomic mass is 10.1. The molecule has 3 rings (SSSR count). The standard InChI is InChI=1S/C18H19N3O/c1-13-8-9-15(16-11-18(19)21(2)20-16)10-17(13)22-12-14-6-4-3-5-7-14/h3-11H,12,19H2,1-2H3. The van der Waals surface area contributed by atoms with Crippen molar-refractivity contribution < 1.29 is 4.74 Å². The molecule has 2 aromatic carbocycles. The van der Waals surface area contributed by atoms with Crippen LogP contribution in [-0.4, -0.2) is 9.78 Å². The number of aromatic nitrogens is 2. The van der Waals surface area contributed by atoms with E-state index in [0.29, 0.717) is 12.4 Å². The number of hydrogen-bond donors (Lipinski definition) is 1. The van der Waals surface area contributed by atoms with E-state index < -0.39 is 0 Å².